The van der Waals surface area contributed by atoms with E-state index in [1.54, 1.807) is 18.3 Å². The molecular weight excluding hydrogens is 634 g/mol. The van der Waals surface area contributed by atoms with Gasteiger partial charge in [-0.25, -0.2) is 9.37 Å². The number of alkyl halides is 3. The van der Waals surface area contributed by atoms with Crippen molar-refractivity contribution in [3.63, 3.8) is 0 Å². The molecule has 252 valence electrons. The zero-order valence-electron chi connectivity index (χ0n) is 25.9. The maximum absolute atomic E-state index is 14.9. The van der Waals surface area contributed by atoms with Gasteiger partial charge in [0.05, 0.1) is 18.3 Å². The number of rotatable bonds is 11. The summed E-state index contributed by atoms with van der Waals surface area (Å²) in [5.41, 5.74) is 0.0226. The van der Waals surface area contributed by atoms with E-state index in [1.807, 2.05) is 0 Å². The van der Waals surface area contributed by atoms with Gasteiger partial charge in [-0.2, -0.15) is 13.2 Å². The molecule has 3 heterocycles. The van der Waals surface area contributed by atoms with E-state index in [-0.39, 0.29) is 47.4 Å². The number of carbonyl (C=O) groups is 2. The molecule has 0 unspecified atom stereocenters. The SMILES string of the molecule is C[C@]1(C(=O)NCCCN)COc2c1cc([C@@](O)(CNC(=O)c1cc(OC3CC3)c3ncccc3c1)C(F)(F)F)nc2-c1ccc(F)cc1. The summed E-state index contributed by atoms with van der Waals surface area (Å²) >= 11 is 0. The molecular formula is C34H33F4N5O5. The highest BCUT2D eigenvalue weighted by molar-refractivity contribution is 6.00. The van der Waals surface area contributed by atoms with E-state index in [4.69, 9.17) is 15.2 Å². The zero-order chi connectivity index (χ0) is 34.3. The summed E-state index contributed by atoms with van der Waals surface area (Å²) in [6.45, 7) is 0.467. The molecule has 5 N–H and O–H groups in total. The highest BCUT2D eigenvalue weighted by Gasteiger charge is 2.58. The average Bonchev–Trinajstić information content (AvgIpc) is 3.82. The van der Waals surface area contributed by atoms with Crippen LogP contribution in [0.1, 0.15) is 47.8 Å². The minimum absolute atomic E-state index is 0.000265. The molecule has 2 atom stereocenters. The predicted molar refractivity (Wildman–Crippen MR) is 167 cm³/mol. The fourth-order valence-corrected chi connectivity index (χ4v) is 5.48. The first kappa shape index (κ1) is 33.1. The maximum atomic E-state index is 14.9. The number of halogens is 4. The van der Waals surface area contributed by atoms with Gasteiger partial charge in [0.25, 0.3) is 5.91 Å². The lowest BCUT2D eigenvalue weighted by Crippen LogP contribution is -2.52. The smallest absolute Gasteiger partial charge is 0.424 e. The lowest BCUT2D eigenvalue weighted by molar-refractivity contribution is -0.265. The Labute approximate surface area is 272 Å². The van der Waals surface area contributed by atoms with Crippen molar-refractivity contribution in [2.24, 2.45) is 5.73 Å². The number of aromatic nitrogens is 2. The number of ether oxygens (including phenoxy) is 2. The quantitative estimate of drug-likeness (QED) is 0.137. The summed E-state index contributed by atoms with van der Waals surface area (Å²) < 4.78 is 70.3. The number of nitrogens with two attached hydrogens (primary N) is 1. The van der Waals surface area contributed by atoms with Gasteiger partial charge < -0.3 is 30.9 Å². The summed E-state index contributed by atoms with van der Waals surface area (Å²) in [6, 6.07) is 12.0. The van der Waals surface area contributed by atoms with Crippen molar-refractivity contribution in [1.82, 2.24) is 20.6 Å². The van der Waals surface area contributed by atoms with Crippen LogP contribution in [0.15, 0.2) is 60.8 Å². The third kappa shape index (κ3) is 6.24. The van der Waals surface area contributed by atoms with E-state index in [1.165, 1.54) is 31.2 Å². The number of fused-ring (bicyclic) bond motifs is 2. The first-order valence-corrected chi connectivity index (χ1v) is 15.4. The van der Waals surface area contributed by atoms with Crippen molar-refractivity contribution in [2.75, 3.05) is 26.2 Å². The summed E-state index contributed by atoms with van der Waals surface area (Å²) in [7, 11) is 0. The first-order valence-electron chi connectivity index (χ1n) is 15.4. The van der Waals surface area contributed by atoms with Gasteiger partial charge in [0.2, 0.25) is 11.5 Å². The molecule has 0 radical (unpaired) electrons. The first-order chi connectivity index (χ1) is 22.8. The Morgan fingerprint density at radius 2 is 1.88 bits per heavy atom. The third-order valence-electron chi connectivity index (χ3n) is 8.51. The number of benzene rings is 2. The van der Waals surface area contributed by atoms with Crippen molar-refractivity contribution in [2.45, 2.75) is 49.5 Å². The van der Waals surface area contributed by atoms with Crippen LogP contribution < -0.4 is 25.8 Å². The summed E-state index contributed by atoms with van der Waals surface area (Å²) in [5.74, 6) is -1.70. The molecule has 1 fully saturated rings. The van der Waals surface area contributed by atoms with Crippen molar-refractivity contribution < 1.29 is 41.7 Å². The highest BCUT2D eigenvalue weighted by Crippen LogP contribution is 2.48. The van der Waals surface area contributed by atoms with Crippen LogP contribution in [0, 0.1) is 5.82 Å². The molecule has 0 bridgehead atoms. The van der Waals surface area contributed by atoms with Gasteiger partial charge in [-0.15, -0.1) is 0 Å². The van der Waals surface area contributed by atoms with Gasteiger partial charge in [0.1, 0.15) is 40.5 Å². The molecule has 2 aromatic heterocycles. The van der Waals surface area contributed by atoms with Crippen molar-refractivity contribution >= 4 is 22.7 Å². The van der Waals surface area contributed by atoms with Crippen LogP contribution in [0.2, 0.25) is 0 Å². The van der Waals surface area contributed by atoms with Crippen LogP contribution in [0.3, 0.4) is 0 Å². The largest absolute Gasteiger partial charge is 0.489 e. The van der Waals surface area contributed by atoms with Gasteiger partial charge in [-0.05, 0) is 81.3 Å². The number of hydrogen-bond acceptors (Lipinski definition) is 8. The Hall–Kier alpha value is -4.82. The van der Waals surface area contributed by atoms with Crippen LogP contribution in [0.4, 0.5) is 17.6 Å². The second-order valence-corrected chi connectivity index (χ2v) is 12.2. The van der Waals surface area contributed by atoms with Gasteiger partial charge in [-0.1, -0.05) is 6.07 Å². The number of nitrogens with zero attached hydrogens (tertiary/aromatic N) is 2. The standard InChI is InChI=1S/C34H33F4N5O5/c1-32(31(45)41-13-3-11-39)18-47-29-24(32)16-26(43-28(29)19-5-7-22(35)8-6-19)33(46,34(36,37)38)17-42-30(44)21-14-20-4-2-12-40-27(20)25(15-21)48-23-9-10-23/h2,4-8,12,14-16,23,46H,3,9-11,13,17-18,39H2,1H3,(H,41,45)(H,42,44)/t32-,33-/m0/s1. The fourth-order valence-electron chi connectivity index (χ4n) is 5.48. The van der Waals surface area contributed by atoms with Crippen LogP contribution in [-0.2, 0) is 15.8 Å². The minimum Gasteiger partial charge on any atom is -0.489 e. The van der Waals surface area contributed by atoms with E-state index >= 15 is 0 Å². The van der Waals surface area contributed by atoms with Crippen molar-refractivity contribution in [3.05, 3.63) is 83.4 Å². The van der Waals surface area contributed by atoms with Crippen molar-refractivity contribution in [3.8, 4) is 22.8 Å². The number of pyridine rings is 2. The Bertz CT molecular complexity index is 1870. The molecule has 1 aliphatic carbocycles. The summed E-state index contributed by atoms with van der Waals surface area (Å²) in [6.07, 6.45) is -1.70. The van der Waals surface area contributed by atoms with Gasteiger partial charge in [0, 0.05) is 34.8 Å². The molecule has 14 heteroatoms. The molecule has 4 aromatic rings. The van der Waals surface area contributed by atoms with Gasteiger partial charge >= 0.3 is 6.18 Å². The summed E-state index contributed by atoms with van der Waals surface area (Å²) in [5, 5.41) is 16.9. The van der Waals surface area contributed by atoms with E-state index in [2.05, 4.69) is 20.6 Å². The molecule has 2 aliphatic rings. The predicted octanol–water partition coefficient (Wildman–Crippen LogP) is 4.27. The lowest BCUT2D eigenvalue weighted by atomic mass is 9.81. The lowest BCUT2D eigenvalue weighted by Gasteiger charge is -2.31. The topological polar surface area (TPSA) is 149 Å². The van der Waals surface area contributed by atoms with Gasteiger partial charge in [-0.3, -0.25) is 14.6 Å². The van der Waals surface area contributed by atoms with E-state index in [0.717, 1.165) is 31.0 Å². The van der Waals surface area contributed by atoms with Crippen LogP contribution in [0.25, 0.3) is 22.2 Å². The number of amides is 2. The number of aliphatic hydroxyl groups is 1. The number of hydrogen-bond donors (Lipinski definition) is 4. The molecule has 2 amide bonds. The second kappa shape index (κ2) is 12.7. The monoisotopic (exact) mass is 667 g/mol. The molecule has 0 spiro atoms. The molecule has 1 aliphatic heterocycles. The molecule has 1 saturated carbocycles. The number of nitrogens with one attached hydrogen (secondary N) is 2. The second-order valence-electron chi connectivity index (χ2n) is 12.2. The van der Waals surface area contributed by atoms with Crippen LogP contribution >= 0.6 is 0 Å². The molecule has 0 saturated heterocycles. The van der Waals surface area contributed by atoms with Crippen LogP contribution in [-0.4, -0.2) is 65.4 Å². The van der Waals surface area contributed by atoms with E-state index in [9.17, 15) is 32.3 Å². The highest BCUT2D eigenvalue weighted by atomic mass is 19.4. The Morgan fingerprint density at radius 1 is 1.12 bits per heavy atom. The van der Waals surface area contributed by atoms with E-state index < -0.39 is 47.1 Å². The summed E-state index contributed by atoms with van der Waals surface area (Å²) in [4.78, 5) is 35.2. The van der Waals surface area contributed by atoms with Crippen molar-refractivity contribution in [1.29, 1.82) is 0 Å². The molecule has 10 nitrogen and oxygen atoms in total. The Kier molecular flexibility index (Phi) is 8.73. The van der Waals surface area contributed by atoms with Gasteiger partial charge in [0.15, 0.2) is 0 Å². The molecule has 48 heavy (non-hydrogen) atoms. The normalized spacial score (nSPS) is 18.5. The Morgan fingerprint density at radius 3 is 2.56 bits per heavy atom. The minimum atomic E-state index is -5.35. The Balaban J connectivity index is 1.39. The zero-order valence-corrected chi connectivity index (χ0v) is 25.9. The molecule has 2 aromatic carbocycles. The fraction of sp³-hybridized carbons (Fsp3) is 0.353. The van der Waals surface area contributed by atoms with Crippen LogP contribution in [0.5, 0.6) is 11.5 Å². The molecule has 6 rings (SSSR count). The van der Waals surface area contributed by atoms with E-state index in [0.29, 0.717) is 29.6 Å². The third-order valence-corrected chi connectivity index (χ3v) is 8.51. The number of carbonyl (C=O) groups excluding carboxylic acids is 2. The average molecular weight is 668 g/mol. The maximum Gasteiger partial charge on any atom is 0.424 e.